The summed E-state index contributed by atoms with van der Waals surface area (Å²) in [6.07, 6.45) is 3.34. The molecular weight excluding hydrogens is 488 g/mol. The first kappa shape index (κ1) is 27.4. The molecule has 0 saturated heterocycles. The number of pyridine rings is 1. The van der Waals surface area contributed by atoms with E-state index in [9.17, 15) is 22.4 Å². The molecule has 3 rings (SSSR count). The van der Waals surface area contributed by atoms with Crippen LogP contribution >= 0.6 is 0 Å². The number of aromatic nitrogens is 1. The average Bonchev–Trinajstić information content (AvgIpc) is 2.84. The topological polar surface area (TPSA) is 89.6 Å². The molecule has 0 radical (unpaired) electrons. The summed E-state index contributed by atoms with van der Waals surface area (Å²) in [4.78, 5) is 21.7. The molecule has 0 aliphatic heterocycles. The summed E-state index contributed by atoms with van der Waals surface area (Å²) >= 11 is 0. The Morgan fingerprint density at radius 3 is 2.51 bits per heavy atom. The van der Waals surface area contributed by atoms with E-state index in [-0.39, 0.29) is 28.3 Å². The van der Waals surface area contributed by atoms with E-state index in [1.54, 1.807) is 31.3 Å². The Hall–Kier alpha value is -4.21. The second kappa shape index (κ2) is 11.7. The van der Waals surface area contributed by atoms with Crippen molar-refractivity contribution in [3.63, 3.8) is 0 Å². The number of benzene rings is 2. The van der Waals surface area contributed by atoms with E-state index in [0.29, 0.717) is 28.9 Å². The van der Waals surface area contributed by atoms with Crippen LogP contribution in [0.3, 0.4) is 0 Å². The highest BCUT2D eigenvalue weighted by Crippen LogP contribution is 2.35. The Bertz CT molecular complexity index is 1320. The van der Waals surface area contributed by atoms with E-state index in [2.05, 4.69) is 20.0 Å². The van der Waals surface area contributed by atoms with Crippen molar-refractivity contribution in [2.75, 3.05) is 5.32 Å². The zero-order valence-corrected chi connectivity index (χ0v) is 20.4. The molecule has 10 heteroatoms. The minimum atomic E-state index is -3.08. The van der Waals surface area contributed by atoms with Gasteiger partial charge in [-0.25, -0.2) is 8.78 Å². The van der Waals surface area contributed by atoms with Crippen molar-refractivity contribution in [2.45, 2.75) is 39.7 Å². The van der Waals surface area contributed by atoms with Crippen molar-refractivity contribution in [1.82, 2.24) is 4.98 Å². The number of halogens is 4. The Labute approximate surface area is 211 Å². The van der Waals surface area contributed by atoms with Gasteiger partial charge in [0.25, 0.3) is 11.8 Å². The summed E-state index contributed by atoms with van der Waals surface area (Å²) in [7, 11) is 0. The lowest BCUT2D eigenvalue weighted by atomic mass is 10.0. The zero-order valence-electron chi connectivity index (χ0n) is 20.4. The number of rotatable bonds is 9. The fourth-order valence-electron chi connectivity index (χ4n) is 3.60. The van der Waals surface area contributed by atoms with Gasteiger partial charge in [0.1, 0.15) is 5.75 Å². The van der Waals surface area contributed by atoms with Gasteiger partial charge in [-0.05, 0) is 49.7 Å². The highest BCUT2D eigenvalue weighted by molar-refractivity contribution is 6.26. The summed E-state index contributed by atoms with van der Waals surface area (Å²) in [5.74, 6) is -3.76. The van der Waals surface area contributed by atoms with Gasteiger partial charge in [-0.3, -0.25) is 14.8 Å². The van der Waals surface area contributed by atoms with Crippen molar-refractivity contribution >= 4 is 23.0 Å². The molecule has 0 aliphatic carbocycles. The molecule has 2 aromatic carbocycles. The number of anilines is 1. The number of ether oxygens (including phenoxy) is 1. The van der Waals surface area contributed by atoms with Gasteiger partial charge in [-0.2, -0.15) is 8.78 Å². The Morgan fingerprint density at radius 2 is 1.92 bits per heavy atom. The molecule has 3 aromatic rings. The normalized spacial score (nSPS) is 12.8. The number of aliphatic imine (C=N–C) groups is 1. The van der Waals surface area contributed by atoms with E-state index in [4.69, 9.17) is 5.73 Å². The highest BCUT2D eigenvalue weighted by atomic mass is 19.3. The predicted octanol–water partition coefficient (Wildman–Crippen LogP) is 6.82. The summed E-state index contributed by atoms with van der Waals surface area (Å²) in [6, 6.07) is 13.1. The lowest BCUT2D eigenvalue weighted by Gasteiger charge is -2.15. The van der Waals surface area contributed by atoms with Crippen LogP contribution in [0.2, 0.25) is 0 Å². The second-order valence-corrected chi connectivity index (χ2v) is 8.19. The summed E-state index contributed by atoms with van der Waals surface area (Å²) in [5, 5.41) is 2.60. The van der Waals surface area contributed by atoms with Gasteiger partial charge in [0, 0.05) is 47.4 Å². The van der Waals surface area contributed by atoms with Gasteiger partial charge < -0.3 is 15.8 Å². The molecule has 0 bridgehead atoms. The Balaban J connectivity index is 1.99. The van der Waals surface area contributed by atoms with Crippen molar-refractivity contribution in [1.29, 1.82) is 0 Å². The maximum Gasteiger partial charge on any atom is 0.387 e. The molecule has 0 unspecified atom stereocenters. The summed E-state index contributed by atoms with van der Waals surface area (Å²) < 4.78 is 58.0. The van der Waals surface area contributed by atoms with Crippen LogP contribution in [0.25, 0.3) is 11.1 Å². The number of amides is 1. The molecule has 37 heavy (non-hydrogen) atoms. The van der Waals surface area contributed by atoms with Crippen molar-refractivity contribution in [3.8, 4) is 16.9 Å². The number of allylic oxidation sites excluding steroid dienone is 1. The summed E-state index contributed by atoms with van der Waals surface area (Å²) in [5.41, 5.74) is 7.73. The Morgan fingerprint density at radius 1 is 1.16 bits per heavy atom. The second-order valence-electron chi connectivity index (χ2n) is 8.19. The van der Waals surface area contributed by atoms with Gasteiger partial charge in [-0.15, -0.1) is 0 Å². The number of hydrogen-bond acceptors (Lipinski definition) is 5. The lowest BCUT2D eigenvalue weighted by Crippen LogP contribution is -2.24. The standard InChI is InChI=1S/C27H26F4N4O2/c1-4-22(24(16(2)32)25(36)35-19-9-5-8-18(13-19)27(3,30)31)34-20-10-11-23(37-26(28)29)21(14-20)17-7-6-12-33-15-17/h5-15,26H,4,32H2,1-3H3,(H,35,36). The van der Waals surface area contributed by atoms with Gasteiger partial charge >= 0.3 is 6.61 Å². The van der Waals surface area contributed by atoms with E-state index in [1.165, 1.54) is 49.5 Å². The van der Waals surface area contributed by atoms with Crippen molar-refractivity contribution < 1.29 is 27.1 Å². The third-order valence-electron chi connectivity index (χ3n) is 5.29. The minimum absolute atomic E-state index is 0.0591. The first-order chi connectivity index (χ1) is 17.5. The maximum atomic E-state index is 13.7. The number of carbonyl (C=O) groups is 1. The fourth-order valence-corrected chi connectivity index (χ4v) is 3.60. The molecular formula is C27H26F4N4O2. The van der Waals surface area contributed by atoms with Crippen LogP contribution in [-0.4, -0.2) is 23.2 Å². The lowest BCUT2D eigenvalue weighted by molar-refractivity contribution is -0.112. The first-order valence-electron chi connectivity index (χ1n) is 11.3. The monoisotopic (exact) mass is 514 g/mol. The predicted molar refractivity (Wildman–Crippen MR) is 135 cm³/mol. The van der Waals surface area contributed by atoms with Crippen molar-refractivity contribution in [2.24, 2.45) is 10.7 Å². The number of nitrogens with one attached hydrogen (secondary N) is 1. The third kappa shape index (κ3) is 7.16. The van der Waals surface area contributed by atoms with Crippen LogP contribution in [0.1, 0.15) is 32.8 Å². The minimum Gasteiger partial charge on any atom is -0.434 e. The van der Waals surface area contributed by atoms with E-state index in [0.717, 1.165) is 6.92 Å². The van der Waals surface area contributed by atoms with Crippen LogP contribution < -0.4 is 15.8 Å². The molecule has 6 nitrogen and oxygen atoms in total. The number of nitrogens with two attached hydrogens (primary N) is 1. The van der Waals surface area contributed by atoms with Crippen LogP contribution in [-0.2, 0) is 10.7 Å². The van der Waals surface area contributed by atoms with Crippen molar-refractivity contribution in [3.05, 3.63) is 83.8 Å². The molecule has 0 fully saturated rings. The molecule has 0 atom stereocenters. The maximum absolute atomic E-state index is 13.7. The van der Waals surface area contributed by atoms with Gasteiger partial charge in [0.15, 0.2) is 0 Å². The number of alkyl halides is 4. The number of nitrogens with zero attached hydrogens (tertiary/aromatic N) is 2. The van der Waals surface area contributed by atoms with Crippen LogP contribution in [0.15, 0.2) is 83.3 Å². The molecule has 1 amide bonds. The van der Waals surface area contributed by atoms with E-state index in [1.807, 2.05) is 0 Å². The Kier molecular flexibility index (Phi) is 8.65. The average molecular weight is 515 g/mol. The molecule has 0 saturated carbocycles. The molecule has 0 aliphatic rings. The summed E-state index contributed by atoms with van der Waals surface area (Å²) in [6.45, 7) is 1.03. The van der Waals surface area contributed by atoms with Gasteiger partial charge in [-0.1, -0.05) is 25.1 Å². The SMILES string of the molecule is CCC(=Nc1ccc(OC(F)F)c(-c2cccnc2)c1)C(C(=O)Nc1cccc(C(C)(F)F)c1)=C(C)N. The van der Waals surface area contributed by atoms with Crippen LogP contribution in [0, 0.1) is 0 Å². The highest BCUT2D eigenvalue weighted by Gasteiger charge is 2.25. The molecule has 3 N–H and O–H groups in total. The number of carbonyl (C=O) groups excluding carboxylic acids is 1. The first-order valence-corrected chi connectivity index (χ1v) is 11.3. The van der Waals surface area contributed by atoms with Gasteiger partial charge in [0.2, 0.25) is 0 Å². The molecule has 1 aromatic heterocycles. The molecule has 0 spiro atoms. The molecule has 194 valence electrons. The van der Waals surface area contributed by atoms with Crippen LogP contribution in [0.4, 0.5) is 28.9 Å². The third-order valence-corrected chi connectivity index (χ3v) is 5.29. The zero-order chi connectivity index (χ0) is 27.2. The van der Waals surface area contributed by atoms with Crippen LogP contribution in [0.5, 0.6) is 5.75 Å². The smallest absolute Gasteiger partial charge is 0.387 e. The number of hydrogen-bond donors (Lipinski definition) is 2. The van der Waals surface area contributed by atoms with E-state index >= 15 is 0 Å². The quantitative estimate of drug-likeness (QED) is 0.186. The van der Waals surface area contributed by atoms with E-state index < -0.39 is 18.4 Å². The molecule has 1 heterocycles. The fraction of sp³-hybridized carbons (Fsp3) is 0.222. The van der Waals surface area contributed by atoms with Gasteiger partial charge in [0.05, 0.1) is 17.0 Å². The largest absolute Gasteiger partial charge is 0.434 e.